The molecule has 0 radical (unpaired) electrons. The molecular formula is C28H28FN3O3S. The van der Waals surface area contributed by atoms with Gasteiger partial charge in [-0.15, -0.1) is 11.3 Å². The van der Waals surface area contributed by atoms with Crippen LogP contribution in [0.5, 0.6) is 0 Å². The number of fused-ring (bicyclic) bond motifs is 1. The van der Waals surface area contributed by atoms with Gasteiger partial charge in [0, 0.05) is 35.3 Å². The molecule has 0 saturated heterocycles. The predicted octanol–water partition coefficient (Wildman–Crippen LogP) is 5.82. The fourth-order valence-corrected chi connectivity index (χ4v) is 5.11. The molecule has 8 heteroatoms. The monoisotopic (exact) mass is 505 g/mol. The number of carboxylic acid groups (broad SMARTS) is 1. The summed E-state index contributed by atoms with van der Waals surface area (Å²) in [5.74, 6) is -1.45. The summed E-state index contributed by atoms with van der Waals surface area (Å²) in [7, 11) is 0. The van der Waals surface area contributed by atoms with Gasteiger partial charge in [0.05, 0.1) is 17.8 Å². The summed E-state index contributed by atoms with van der Waals surface area (Å²) in [5, 5.41) is 21.9. The van der Waals surface area contributed by atoms with Gasteiger partial charge in [-0.2, -0.15) is 0 Å². The van der Waals surface area contributed by atoms with Crippen molar-refractivity contribution in [2.24, 2.45) is 0 Å². The maximum atomic E-state index is 13.4. The van der Waals surface area contributed by atoms with Crippen LogP contribution < -0.4 is 16.0 Å². The number of thiophene rings is 1. The van der Waals surface area contributed by atoms with E-state index in [0.717, 1.165) is 11.3 Å². The number of aryl methyl sites for hydroxylation is 1. The van der Waals surface area contributed by atoms with Crippen molar-refractivity contribution in [3.8, 4) is 0 Å². The highest BCUT2D eigenvalue weighted by molar-refractivity contribution is 7.17. The minimum atomic E-state index is -0.900. The van der Waals surface area contributed by atoms with Gasteiger partial charge in [-0.3, -0.25) is 9.59 Å². The van der Waals surface area contributed by atoms with Gasteiger partial charge in [-0.05, 0) is 71.8 Å². The minimum absolute atomic E-state index is 0.0438. The molecule has 0 unspecified atom stereocenters. The molecule has 4 rings (SSSR count). The number of carboxylic acids is 1. The van der Waals surface area contributed by atoms with E-state index >= 15 is 0 Å². The van der Waals surface area contributed by atoms with E-state index in [1.54, 1.807) is 29.5 Å². The molecule has 0 saturated carbocycles. The Hall–Kier alpha value is -3.91. The lowest BCUT2D eigenvalue weighted by Gasteiger charge is -2.15. The first-order valence-electron chi connectivity index (χ1n) is 11.7. The molecule has 0 bridgehead atoms. The maximum Gasteiger partial charge on any atom is 0.305 e. The summed E-state index contributed by atoms with van der Waals surface area (Å²) in [4.78, 5) is 23.8. The maximum absolute atomic E-state index is 13.4. The molecule has 6 nitrogen and oxygen atoms in total. The van der Waals surface area contributed by atoms with Crippen LogP contribution in [0.2, 0.25) is 0 Å². The number of halogens is 1. The van der Waals surface area contributed by atoms with Crippen LogP contribution >= 0.6 is 11.3 Å². The number of amides is 1. The van der Waals surface area contributed by atoms with Crippen LogP contribution in [0.25, 0.3) is 10.1 Å². The van der Waals surface area contributed by atoms with Crippen LogP contribution in [0.3, 0.4) is 0 Å². The highest BCUT2D eigenvalue weighted by Crippen LogP contribution is 2.30. The number of anilines is 2. The third-order valence-corrected chi connectivity index (χ3v) is 6.87. The van der Waals surface area contributed by atoms with Gasteiger partial charge in [0.2, 0.25) is 0 Å². The zero-order chi connectivity index (χ0) is 25.5. The van der Waals surface area contributed by atoms with Crippen LogP contribution in [0, 0.1) is 12.7 Å². The van der Waals surface area contributed by atoms with E-state index in [0.29, 0.717) is 30.8 Å². The molecule has 4 N–H and O–H groups in total. The topological polar surface area (TPSA) is 90.5 Å². The van der Waals surface area contributed by atoms with Crippen molar-refractivity contribution in [1.82, 2.24) is 5.32 Å². The highest BCUT2D eigenvalue weighted by atomic mass is 32.1. The summed E-state index contributed by atoms with van der Waals surface area (Å²) in [5.41, 5.74) is 5.10. The van der Waals surface area contributed by atoms with E-state index in [1.165, 1.54) is 33.3 Å². The molecule has 36 heavy (non-hydrogen) atoms. The van der Waals surface area contributed by atoms with Crippen LogP contribution in [-0.2, 0) is 17.8 Å². The van der Waals surface area contributed by atoms with Crippen molar-refractivity contribution < 1.29 is 19.1 Å². The second-order valence-corrected chi connectivity index (χ2v) is 9.44. The van der Waals surface area contributed by atoms with Gasteiger partial charge in [-0.1, -0.05) is 24.3 Å². The van der Waals surface area contributed by atoms with Crippen molar-refractivity contribution in [1.29, 1.82) is 0 Å². The predicted molar refractivity (Wildman–Crippen MR) is 144 cm³/mol. The molecule has 1 aromatic heterocycles. The Morgan fingerprint density at radius 3 is 2.61 bits per heavy atom. The first-order valence-corrected chi connectivity index (χ1v) is 12.6. The highest BCUT2D eigenvalue weighted by Gasteiger charge is 2.12. The fraction of sp³-hybridized carbons (Fsp3) is 0.214. The molecule has 0 aliphatic rings. The first kappa shape index (κ1) is 25.2. The molecule has 0 aliphatic carbocycles. The van der Waals surface area contributed by atoms with Crippen molar-refractivity contribution >= 4 is 44.7 Å². The Morgan fingerprint density at radius 2 is 1.81 bits per heavy atom. The van der Waals surface area contributed by atoms with E-state index in [2.05, 4.69) is 46.5 Å². The van der Waals surface area contributed by atoms with E-state index in [9.17, 15) is 14.0 Å². The van der Waals surface area contributed by atoms with Crippen LogP contribution in [0.4, 0.5) is 15.8 Å². The minimum Gasteiger partial charge on any atom is -0.481 e. The van der Waals surface area contributed by atoms with Gasteiger partial charge in [0.25, 0.3) is 5.91 Å². The largest absolute Gasteiger partial charge is 0.481 e. The second kappa shape index (κ2) is 11.7. The van der Waals surface area contributed by atoms with Crippen molar-refractivity contribution in [3.05, 3.63) is 94.1 Å². The molecular weight excluding hydrogens is 477 g/mol. The fourth-order valence-electron chi connectivity index (χ4n) is 4.07. The molecule has 1 amide bonds. The number of carbonyl (C=O) groups excluding carboxylic acids is 1. The molecule has 0 aliphatic heterocycles. The summed E-state index contributed by atoms with van der Waals surface area (Å²) in [6.45, 7) is 3.29. The third-order valence-electron chi connectivity index (χ3n) is 5.88. The van der Waals surface area contributed by atoms with Gasteiger partial charge in [-0.25, -0.2) is 4.39 Å². The number of nitrogens with one attached hydrogen (secondary N) is 3. The number of aliphatic carboxylic acids is 1. The van der Waals surface area contributed by atoms with Crippen LogP contribution in [0.15, 0.2) is 66.0 Å². The lowest BCUT2D eigenvalue weighted by atomic mass is 10.1. The van der Waals surface area contributed by atoms with E-state index in [-0.39, 0.29) is 24.7 Å². The Bertz CT molecular complexity index is 1390. The average molecular weight is 506 g/mol. The molecule has 3 aromatic carbocycles. The molecule has 4 aromatic rings. The standard InChI is InChI=1S/C28H28FN3O3S/c1-18-4-2-7-25-27(18)21(17-36-25)16-32-23-9-8-20(15-24(23)30-13-11-26(33)34)28(35)31-12-10-19-5-3-6-22(29)14-19/h2-9,14-15,17,30,32H,10-13,16H2,1H3,(H,31,35)(H,33,34). The van der Waals surface area contributed by atoms with Gasteiger partial charge >= 0.3 is 5.97 Å². The first-order chi connectivity index (χ1) is 17.4. The van der Waals surface area contributed by atoms with E-state index in [1.807, 2.05) is 12.1 Å². The van der Waals surface area contributed by atoms with Crippen LogP contribution in [0.1, 0.15) is 33.5 Å². The normalized spacial score (nSPS) is 10.8. The number of carbonyl (C=O) groups is 2. The zero-order valence-corrected chi connectivity index (χ0v) is 20.8. The Kier molecular flexibility index (Phi) is 8.17. The van der Waals surface area contributed by atoms with Crippen LogP contribution in [-0.4, -0.2) is 30.1 Å². The molecule has 0 fully saturated rings. The number of rotatable bonds is 11. The molecule has 0 spiro atoms. The van der Waals surface area contributed by atoms with Crippen molar-refractivity contribution in [3.63, 3.8) is 0 Å². The summed E-state index contributed by atoms with van der Waals surface area (Å²) in [6.07, 6.45) is 0.471. The Morgan fingerprint density at radius 1 is 0.972 bits per heavy atom. The number of hydrogen-bond donors (Lipinski definition) is 4. The van der Waals surface area contributed by atoms with E-state index < -0.39 is 5.97 Å². The van der Waals surface area contributed by atoms with E-state index in [4.69, 9.17) is 5.11 Å². The molecule has 186 valence electrons. The zero-order valence-electron chi connectivity index (χ0n) is 19.9. The number of hydrogen-bond acceptors (Lipinski definition) is 5. The third kappa shape index (κ3) is 6.40. The SMILES string of the molecule is Cc1cccc2scc(CNc3ccc(C(=O)NCCc4cccc(F)c4)cc3NCCC(=O)O)c12. The lowest BCUT2D eigenvalue weighted by Crippen LogP contribution is -2.26. The molecule has 1 heterocycles. The number of benzene rings is 3. The second-order valence-electron chi connectivity index (χ2n) is 8.53. The van der Waals surface area contributed by atoms with Crippen molar-refractivity contribution in [2.75, 3.05) is 23.7 Å². The van der Waals surface area contributed by atoms with Gasteiger partial charge in [0.15, 0.2) is 0 Å². The smallest absolute Gasteiger partial charge is 0.305 e. The van der Waals surface area contributed by atoms with Crippen molar-refractivity contribution in [2.45, 2.75) is 26.3 Å². The van der Waals surface area contributed by atoms with Gasteiger partial charge in [0.1, 0.15) is 5.82 Å². The summed E-state index contributed by atoms with van der Waals surface area (Å²) < 4.78 is 14.6. The summed E-state index contributed by atoms with van der Waals surface area (Å²) in [6, 6.07) is 17.8. The Labute approximate surface area is 213 Å². The lowest BCUT2D eigenvalue weighted by molar-refractivity contribution is -0.136. The molecule has 0 atom stereocenters. The Balaban J connectivity index is 1.46. The average Bonchev–Trinajstić information content (AvgIpc) is 3.27. The van der Waals surface area contributed by atoms with Gasteiger partial charge < -0.3 is 21.1 Å². The summed E-state index contributed by atoms with van der Waals surface area (Å²) >= 11 is 1.70. The quantitative estimate of drug-likeness (QED) is 0.206.